The summed E-state index contributed by atoms with van der Waals surface area (Å²) in [5, 5.41) is 25.6. The van der Waals surface area contributed by atoms with Gasteiger partial charge in [-0.3, -0.25) is 4.79 Å². The number of hydrogen-bond acceptors (Lipinski definition) is 5. The molecular weight excluding hydrogens is 408 g/mol. The number of phenolic OH excluding ortho intramolecular Hbond substituents is 1. The molecule has 32 heavy (non-hydrogen) atoms. The normalized spacial score (nSPS) is 18.4. The first-order valence-corrected chi connectivity index (χ1v) is 10.5. The molecule has 0 saturated heterocycles. The van der Waals surface area contributed by atoms with Crippen LogP contribution < -0.4 is 9.75 Å². The highest BCUT2D eigenvalue weighted by molar-refractivity contribution is 6.32. The van der Waals surface area contributed by atoms with Crippen molar-refractivity contribution in [2.75, 3.05) is 5.01 Å². The molecule has 0 unspecified atom stereocenters. The number of hydrazone groups is 1. The molecule has 2 aliphatic rings. The number of ether oxygens (including phenoxy) is 1. The molecular formula is C25H26N2O5. The van der Waals surface area contributed by atoms with Crippen molar-refractivity contribution in [2.24, 2.45) is 5.10 Å². The average Bonchev–Trinajstić information content (AvgIpc) is 3.03. The molecule has 0 atom stereocenters. The fraction of sp³-hybridized carbons (Fsp3) is 0.320. The third-order valence-electron chi connectivity index (χ3n) is 6.18. The van der Waals surface area contributed by atoms with Gasteiger partial charge in [0.1, 0.15) is 17.1 Å². The van der Waals surface area contributed by atoms with Crippen LogP contribution in [0.3, 0.4) is 0 Å². The van der Waals surface area contributed by atoms with E-state index >= 15 is 0 Å². The van der Waals surface area contributed by atoms with Crippen molar-refractivity contribution in [2.45, 2.75) is 53.1 Å². The second-order valence-electron chi connectivity index (χ2n) is 8.89. The lowest BCUT2D eigenvalue weighted by Gasteiger charge is -2.35. The van der Waals surface area contributed by atoms with Crippen molar-refractivity contribution in [3.05, 3.63) is 57.7 Å². The number of aromatic hydroxyl groups is 1. The molecule has 1 amide bonds. The molecule has 2 N–H and O–H groups in total. The average molecular weight is 434 g/mol. The van der Waals surface area contributed by atoms with Crippen molar-refractivity contribution in [1.29, 1.82) is 0 Å². The Hall–Kier alpha value is -3.61. The summed E-state index contributed by atoms with van der Waals surface area (Å²) in [6.07, 6.45) is 3.21. The number of fused-ring (bicyclic) bond motifs is 1. The lowest BCUT2D eigenvalue weighted by Crippen LogP contribution is -2.33. The summed E-state index contributed by atoms with van der Waals surface area (Å²) in [5.74, 6) is -0.467. The van der Waals surface area contributed by atoms with Gasteiger partial charge in [-0.25, -0.2) is 4.79 Å². The highest BCUT2D eigenvalue weighted by Crippen LogP contribution is 2.44. The van der Waals surface area contributed by atoms with Gasteiger partial charge in [-0.1, -0.05) is 0 Å². The van der Waals surface area contributed by atoms with Gasteiger partial charge in [0.15, 0.2) is 0 Å². The highest BCUT2D eigenvalue weighted by atomic mass is 16.5. The number of nitrogens with zero attached hydrogens (tertiary/aromatic N) is 2. The van der Waals surface area contributed by atoms with Gasteiger partial charge in [0.2, 0.25) is 0 Å². The predicted molar refractivity (Wildman–Crippen MR) is 123 cm³/mol. The van der Waals surface area contributed by atoms with E-state index in [4.69, 9.17) is 9.84 Å². The van der Waals surface area contributed by atoms with E-state index in [9.17, 15) is 14.7 Å². The number of carboxylic acid groups (broad SMARTS) is 1. The lowest BCUT2D eigenvalue weighted by molar-refractivity contribution is -0.114. The molecule has 0 radical (unpaired) electrons. The molecule has 0 saturated carbocycles. The Morgan fingerprint density at radius 1 is 1.16 bits per heavy atom. The summed E-state index contributed by atoms with van der Waals surface area (Å²) in [4.78, 5) is 24.3. The molecule has 7 heteroatoms. The molecule has 2 heterocycles. The van der Waals surface area contributed by atoms with Crippen LogP contribution >= 0.6 is 0 Å². The first kappa shape index (κ1) is 21.6. The number of carbonyl (C=O) groups excluding carboxylic acids is 1. The van der Waals surface area contributed by atoms with E-state index in [1.807, 2.05) is 27.7 Å². The fourth-order valence-electron chi connectivity index (χ4n) is 4.09. The zero-order chi connectivity index (χ0) is 23.4. The molecule has 4 rings (SSSR count). The second kappa shape index (κ2) is 7.51. The maximum Gasteiger partial charge on any atom is 0.335 e. The number of carboxylic acids is 1. The van der Waals surface area contributed by atoms with E-state index in [0.29, 0.717) is 22.5 Å². The fourth-order valence-corrected chi connectivity index (χ4v) is 4.09. The quantitative estimate of drug-likeness (QED) is 0.687. The summed E-state index contributed by atoms with van der Waals surface area (Å²) in [6, 6.07) is 5.96. The number of benzene rings is 2. The molecule has 2 aromatic rings. The van der Waals surface area contributed by atoms with Crippen LogP contribution in [0.2, 0.25) is 0 Å². The van der Waals surface area contributed by atoms with Crippen LogP contribution in [0.1, 0.15) is 59.8 Å². The Bertz CT molecular complexity index is 1210. The summed E-state index contributed by atoms with van der Waals surface area (Å²) >= 11 is 0. The van der Waals surface area contributed by atoms with Gasteiger partial charge in [0, 0.05) is 11.1 Å². The van der Waals surface area contributed by atoms with E-state index in [1.165, 1.54) is 17.1 Å². The molecule has 7 nitrogen and oxygen atoms in total. The number of aromatic carboxylic acids is 1. The van der Waals surface area contributed by atoms with Gasteiger partial charge >= 0.3 is 5.97 Å². The van der Waals surface area contributed by atoms with E-state index in [2.05, 4.69) is 5.10 Å². The Kier molecular flexibility index (Phi) is 5.07. The van der Waals surface area contributed by atoms with E-state index in [1.54, 1.807) is 25.1 Å². The van der Waals surface area contributed by atoms with E-state index in [0.717, 1.165) is 35.3 Å². The smallest absolute Gasteiger partial charge is 0.335 e. The number of rotatable bonds is 3. The first-order valence-electron chi connectivity index (χ1n) is 10.5. The number of amides is 1. The van der Waals surface area contributed by atoms with Crippen molar-refractivity contribution >= 4 is 29.4 Å². The zero-order valence-corrected chi connectivity index (χ0v) is 18.8. The first-order chi connectivity index (χ1) is 15.0. The largest absolute Gasteiger partial charge is 0.507 e. The lowest BCUT2D eigenvalue weighted by atomic mass is 9.86. The maximum absolute atomic E-state index is 13.2. The minimum atomic E-state index is -1.04. The number of anilines is 1. The molecule has 0 aliphatic carbocycles. The van der Waals surface area contributed by atoms with Crippen LogP contribution in [-0.2, 0) is 11.2 Å². The number of carbonyl (C=O) groups is 2. The van der Waals surface area contributed by atoms with Crippen LogP contribution in [0.4, 0.5) is 5.69 Å². The van der Waals surface area contributed by atoms with Crippen LogP contribution in [0, 0.1) is 13.8 Å². The van der Waals surface area contributed by atoms with Gasteiger partial charge in [0.05, 0.1) is 22.5 Å². The maximum atomic E-state index is 13.2. The van der Waals surface area contributed by atoms with Gasteiger partial charge in [-0.15, -0.1) is 0 Å². The molecule has 0 aromatic heterocycles. The monoisotopic (exact) mass is 434 g/mol. The van der Waals surface area contributed by atoms with Gasteiger partial charge in [-0.2, -0.15) is 10.1 Å². The molecule has 2 aliphatic heterocycles. The van der Waals surface area contributed by atoms with Gasteiger partial charge < -0.3 is 14.9 Å². The molecule has 0 spiro atoms. The van der Waals surface area contributed by atoms with E-state index in [-0.39, 0.29) is 22.8 Å². The van der Waals surface area contributed by atoms with Gasteiger partial charge in [0.25, 0.3) is 5.91 Å². The Morgan fingerprint density at radius 2 is 1.81 bits per heavy atom. The van der Waals surface area contributed by atoms with Crippen molar-refractivity contribution in [1.82, 2.24) is 0 Å². The topological polar surface area (TPSA) is 99.4 Å². The van der Waals surface area contributed by atoms with Crippen molar-refractivity contribution in [3.63, 3.8) is 0 Å². The van der Waals surface area contributed by atoms with Gasteiger partial charge in [-0.05, 0) is 88.9 Å². The number of phenols is 1. The van der Waals surface area contributed by atoms with Crippen LogP contribution in [0.5, 0.6) is 11.5 Å². The second-order valence-corrected chi connectivity index (χ2v) is 8.89. The highest BCUT2D eigenvalue weighted by Gasteiger charge is 2.33. The summed E-state index contributed by atoms with van der Waals surface area (Å²) in [6.45, 7) is 9.59. The third kappa shape index (κ3) is 3.53. The number of hydrogen-bond donors (Lipinski definition) is 2. The zero-order valence-electron chi connectivity index (χ0n) is 18.8. The third-order valence-corrected chi connectivity index (χ3v) is 6.18. The molecule has 166 valence electrons. The van der Waals surface area contributed by atoms with Crippen molar-refractivity contribution in [3.8, 4) is 11.5 Å². The Labute approximate surface area is 186 Å². The standard InChI is InChI=1S/C25H26N2O5/c1-13-14(2)22-18(10-11-25(4,5)32-22)20(21(13)28)12-19-15(3)26-27(23(19)29)17-8-6-16(7-9-17)24(30)31/h6-9,12,28H,10-11H2,1-5H3,(H,30,31). The predicted octanol–water partition coefficient (Wildman–Crippen LogP) is 4.62. The molecule has 0 bridgehead atoms. The van der Waals surface area contributed by atoms with Crippen molar-refractivity contribution < 1.29 is 24.5 Å². The Balaban J connectivity index is 1.77. The SMILES string of the molecule is CC1=NN(c2ccc(C(=O)O)cc2)C(=O)C1=Cc1c(O)c(C)c(C)c2c1CCC(C)(C)O2. The summed E-state index contributed by atoms with van der Waals surface area (Å²) < 4.78 is 6.25. The van der Waals surface area contributed by atoms with Crippen LogP contribution in [-0.4, -0.2) is 33.4 Å². The minimum absolute atomic E-state index is 0.131. The van der Waals surface area contributed by atoms with Crippen LogP contribution in [0.15, 0.2) is 34.9 Å². The van der Waals surface area contributed by atoms with Crippen LogP contribution in [0.25, 0.3) is 6.08 Å². The summed E-state index contributed by atoms with van der Waals surface area (Å²) in [5.41, 5.74) is 4.28. The molecule has 2 aromatic carbocycles. The molecule has 0 fully saturated rings. The van der Waals surface area contributed by atoms with E-state index < -0.39 is 5.97 Å². The minimum Gasteiger partial charge on any atom is -0.507 e. The summed E-state index contributed by atoms with van der Waals surface area (Å²) in [7, 11) is 0. The Morgan fingerprint density at radius 3 is 2.44 bits per heavy atom.